The molecular formula is C15H8BrN3OS. The summed E-state index contributed by atoms with van der Waals surface area (Å²) < 4.78 is 3.08. The number of halogens is 1. The molecule has 4 nitrogen and oxygen atoms in total. The lowest BCUT2D eigenvalue weighted by Gasteiger charge is -1.90. The van der Waals surface area contributed by atoms with Crippen molar-refractivity contribution in [3.63, 3.8) is 0 Å². The van der Waals surface area contributed by atoms with Gasteiger partial charge < -0.3 is 0 Å². The van der Waals surface area contributed by atoms with Gasteiger partial charge >= 0.3 is 0 Å². The average Bonchev–Trinajstić information content (AvgIpc) is 2.97. The second-order valence-corrected chi connectivity index (χ2v) is 6.48. The van der Waals surface area contributed by atoms with Gasteiger partial charge in [-0.05, 0) is 33.6 Å². The molecule has 1 aromatic carbocycles. The van der Waals surface area contributed by atoms with Crippen LogP contribution in [-0.2, 0) is 0 Å². The van der Waals surface area contributed by atoms with E-state index in [2.05, 4.69) is 25.9 Å². The Labute approximate surface area is 131 Å². The molecule has 3 aromatic heterocycles. The first kappa shape index (κ1) is 12.7. The first-order valence-electron chi connectivity index (χ1n) is 6.26. The summed E-state index contributed by atoms with van der Waals surface area (Å²) in [5, 5.41) is 0. The van der Waals surface area contributed by atoms with Crippen LogP contribution < -0.4 is 10.1 Å². The van der Waals surface area contributed by atoms with Crippen molar-refractivity contribution in [1.82, 2.24) is 14.4 Å². The minimum Gasteiger partial charge on any atom is -0.267 e. The number of hydrogen-bond acceptors (Lipinski definition) is 4. The van der Waals surface area contributed by atoms with Crippen LogP contribution in [0.4, 0.5) is 0 Å². The van der Waals surface area contributed by atoms with E-state index in [4.69, 9.17) is 0 Å². The number of aromatic nitrogens is 3. The zero-order valence-corrected chi connectivity index (χ0v) is 13.1. The van der Waals surface area contributed by atoms with Crippen molar-refractivity contribution in [2.75, 3.05) is 0 Å². The fraction of sp³-hybridized carbons (Fsp3) is 0. The van der Waals surface area contributed by atoms with Crippen LogP contribution in [0.5, 0.6) is 0 Å². The molecule has 0 aliphatic rings. The maximum Gasteiger partial charge on any atom is 0.276 e. The Kier molecular flexibility index (Phi) is 2.87. The largest absolute Gasteiger partial charge is 0.276 e. The van der Waals surface area contributed by atoms with E-state index >= 15 is 0 Å². The van der Waals surface area contributed by atoms with Crippen LogP contribution in [0.1, 0.15) is 5.56 Å². The Morgan fingerprint density at radius 2 is 2.05 bits per heavy atom. The summed E-state index contributed by atoms with van der Waals surface area (Å²) in [5.41, 5.74) is 2.25. The van der Waals surface area contributed by atoms with Crippen LogP contribution in [0, 0.1) is 0 Å². The summed E-state index contributed by atoms with van der Waals surface area (Å²) in [7, 11) is 0. The molecule has 21 heavy (non-hydrogen) atoms. The number of fused-ring (bicyclic) bond motifs is 3. The number of rotatable bonds is 1. The molecule has 0 aliphatic heterocycles. The van der Waals surface area contributed by atoms with Crippen molar-refractivity contribution in [3.05, 3.63) is 67.5 Å². The number of nitrogens with zero attached hydrogens (tertiary/aromatic N) is 3. The van der Waals surface area contributed by atoms with Gasteiger partial charge in [0.05, 0.1) is 4.53 Å². The normalized spacial score (nSPS) is 12.5. The Morgan fingerprint density at radius 3 is 2.86 bits per heavy atom. The molecule has 0 unspecified atom stereocenters. The number of imidazole rings is 1. The maximum absolute atomic E-state index is 12.5. The van der Waals surface area contributed by atoms with E-state index < -0.39 is 0 Å². The molecule has 0 N–H and O–H groups in total. The molecule has 6 heteroatoms. The predicted molar refractivity (Wildman–Crippen MR) is 87.6 cm³/mol. The highest BCUT2D eigenvalue weighted by molar-refractivity contribution is 9.10. The summed E-state index contributed by atoms with van der Waals surface area (Å²) >= 11 is 4.74. The van der Waals surface area contributed by atoms with Gasteiger partial charge in [0, 0.05) is 10.7 Å². The molecule has 0 aliphatic carbocycles. The summed E-state index contributed by atoms with van der Waals surface area (Å²) in [6.45, 7) is 0. The molecule has 3 heterocycles. The van der Waals surface area contributed by atoms with E-state index in [1.165, 1.54) is 11.3 Å². The van der Waals surface area contributed by atoms with Crippen LogP contribution in [0.15, 0.2) is 51.9 Å². The third-order valence-corrected chi connectivity index (χ3v) is 4.55. The third kappa shape index (κ3) is 2.07. The smallest absolute Gasteiger partial charge is 0.267 e. The Morgan fingerprint density at radius 1 is 1.24 bits per heavy atom. The van der Waals surface area contributed by atoms with Gasteiger partial charge in [-0.2, -0.15) is 0 Å². The Balaban J connectivity index is 2.04. The molecule has 102 valence electrons. The second kappa shape index (κ2) is 4.75. The lowest BCUT2D eigenvalue weighted by Crippen LogP contribution is -2.22. The van der Waals surface area contributed by atoms with Crippen molar-refractivity contribution in [3.8, 4) is 0 Å². The van der Waals surface area contributed by atoms with Crippen LogP contribution in [0.3, 0.4) is 0 Å². The highest BCUT2D eigenvalue weighted by Crippen LogP contribution is 2.18. The molecule has 0 fully saturated rings. The fourth-order valence-corrected chi connectivity index (χ4v) is 3.51. The van der Waals surface area contributed by atoms with Gasteiger partial charge in [0.2, 0.25) is 0 Å². The standard InChI is InChI=1S/C15H8BrN3OS/c16-10-7-11-13(17-8-10)19-14(20)12(21-15(19)18-11)6-9-4-2-1-3-5-9/h1-8H. The Bertz CT molecular complexity index is 1070. The summed E-state index contributed by atoms with van der Waals surface area (Å²) in [6, 6.07) is 11.6. The van der Waals surface area contributed by atoms with Crippen LogP contribution in [0.25, 0.3) is 22.2 Å². The van der Waals surface area contributed by atoms with E-state index in [0.29, 0.717) is 15.1 Å². The van der Waals surface area contributed by atoms with Crippen LogP contribution in [0.2, 0.25) is 0 Å². The third-order valence-electron chi connectivity index (χ3n) is 3.15. The second-order valence-electron chi connectivity index (χ2n) is 4.55. The van der Waals surface area contributed by atoms with Crippen molar-refractivity contribution < 1.29 is 0 Å². The topological polar surface area (TPSA) is 47.3 Å². The van der Waals surface area contributed by atoms with Crippen molar-refractivity contribution in [2.24, 2.45) is 0 Å². The van der Waals surface area contributed by atoms with E-state index in [-0.39, 0.29) is 5.56 Å². The van der Waals surface area contributed by atoms with Gasteiger partial charge in [0.1, 0.15) is 5.52 Å². The monoisotopic (exact) mass is 357 g/mol. The van der Waals surface area contributed by atoms with Crippen LogP contribution in [-0.4, -0.2) is 14.4 Å². The van der Waals surface area contributed by atoms with E-state index in [1.807, 2.05) is 42.5 Å². The minimum absolute atomic E-state index is 0.0730. The van der Waals surface area contributed by atoms with E-state index in [0.717, 1.165) is 15.6 Å². The van der Waals surface area contributed by atoms with Gasteiger partial charge in [-0.3, -0.25) is 4.79 Å². The van der Waals surface area contributed by atoms with Crippen molar-refractivity contribution in [2.45, 2.75) is 0 Å². The Hall–Kier alpha value is -2.05. The minimum atomic E-state index is -0.0730. The predicted octanol–water partition coefficient (Wildman–Crippen LogP) is 2.61. The summed E-state index contributed by atoms with van der Waals surface area (Å²) in [4.78, 5) is 22.0. The molecule has 0 radical (unpaired) electrons. The van der Waals surface area contributed by atoms with Crippen molar-refractivity contribution in [1.29, 1.82) is 0 Å². The fourth-order valence-electron chi connectivity index (χ4n) is 2.22. The molecule has 0 spiro atoms. The molecule has 0 amide bonds. The number of benzene rings is 1. The lowest BCUT2D eigenvalue weighted by atomic mass is 10.2. The number of thiazole rings is 1. The molecule has 4 rings (SSSR count). The first-order valence-corrected chi connectivity index (χ1v) is 7.86. The lowest BCUT2D eigenvalue weighted by molar-refractivity contribution is 1.15. The average molecular weight is 358 g/mol. The molecule has 4 aromatic rings. The van der Waals surface area contributed by atoms with Gasteiger partial charge in [0.25, 0.3) is 5.56 Å². The van der Waals surface area contributed by atoms with Crippen molar-refractivity contribution >= 4 is 49.5 Å². The summed E-state index contributed by atoms with van der Waals surface area (Å²) in [6.07, 6.45) is 3.56. The molecule has 0 saturated carbocycles. The molecular weight excluding hydrogens is 350 g/mol. The van der Waals surface area contributed by atoms with Crippen LogP contribution >= 0.6 is 27.3 Å². The molecule has 0 bridgehead atoms. The van der Waals surface area contributed by atoms with Gasteiger partial charge in [-0.1, -0.05) is 41.7 Å². The maximum atomic E-state index is 12.5. The SMILES string of the molecule is O=c1c(=Cc2ccccc2)sc2nc3cc(Br)cnc3n12. The molecule has 0 saturated heterocycles. The van der Waals surface area contributed by atoms with E-state index in [1.54, 1.807) is 10.6 Å². The van der Waals surface area contributed by atoms with E-state index in [9.17, 15) is 4.79 Å². The quantitative estimate of drug-likeness (QED) is 0.526. The van der Waals surface area contributed by atoms with Gasteiger partial charge in [-0.15, -0.1) is 0 Å². The highest BCUT2D eigenvalue weighted by atomic mass is 79.9. The highest BCUT2D eigenvalue weighted by Gasteiger charge is 2.12. The number of hydrogen-bond donors (Lipinski definition) is 0. The zero-order valence-electron chi connectivity index (χ0n) is 10.7. The molecule has 0 atom stereocenters. The van der Waals surface area contributed by atoms with Gasteiger partial charge in [0.15, 0.2) is 10.6 Å². The first-order chi connectivity index (χ1) is 10.2. The number of pyridine rings is 1. The van der Waals surface area contributed by atoms with Gasteiger partial charge in [-0.25, -0.2) is 14.4 Å². The zero-order chi connectivity index (χ0) is 14.4. The summed E-state index contributed by atoms with van der Waals surface area (Å²) in [5.74, 6) is 0.